The minimum Gasteiger partial charge on any atom is -0.383 e. The number of aryl methyl sites for hydroxylation is 1. The second kappa shape index (κ2) is 7.02. The van der Waals surface area contributed by atoms with Gasteiger partial charge in [-0.25, -0.2) is 0 Å². The second-order valence-corrected chi connectivity index (χ2v) is 8.17. The van der Waals surface area contributed by atoms with Crippen LogP contribution in [0.2, 0.25) is 0 Å². The highest BCUT2D eigenvalue weighted by molar-refractivity contribution is 6.28. The number of fused-ring (bicyclic) bond motifs is 2. The Bertz CT molecular complexity index is 1290. The number of nitrogens with zero attached hydrogens (tertiary/aromatic N) is 1. The fourth-order valence-electron chi connectivity index (χ4n) is 3.96. The first-order chi connectivity index (χ1) is 14.5. The number of nitrogens with one attached hydrogen (secondary N) is 2. The molecule has 0 atom stereocenters. The number of hydrogen-bond donors (Lipinski definition) is 2. The van der Waals surface area contributed by atoms with E-state index in [4.69, 9.17) is 4.52 Å². The molecule has 1 aliphatic rings. The third kappa shape index (κ3) is 2.86. The van der Waals surface area contributed by atoms with Gasteiger partial charge in [0.05, 0.1) is 22.3 Å². The van der Waals surface area contributed by atoms with E-state index < -0.39 is 0 Å². The smallest absolute Gasteiger partial charge is 0.196 e. The topological polar surface area (TPSA) is 67.2 Å². The molecule has 0 radical (unpaired) electrons. The number of anilines is 3. The minimum atomic E-state index is -0.0159. The molecule has 0 saturated heterocycles. The van der Waals surface area contributed by atoms with Crippen molar-refractivity contribution in [2.24, 2.45) is 5.92 Å². The molecule has 0 bridgehead atoms. The van der Waals surface area contributed by atoms with Crippen LogP contribution in [0.1, 0.15) is 35.3 Å². The predicted molar refractivity (Wildman–Crippen MR) is 121 cm³/mol. The van der Waals surface area contributed by atoms with E-state index in [9.17, 15) is 4.79 Å². The Morgan fingerprint density at radius 1 is 0.967 bits per heavy atom. The van der Waals surface area contributed by atoms with Gasteiger partial charge in [0.2, 0.25) is 0 Å². The molecule has 1 heterocycles. The average molecular weight is 397 g/mol. The first-order valence-corrected chi connectivity index (χ1v) is 10.2. The van der Waals surface area contributed by atoms with Crippen molar-refractivity contribution in [1.29, 1.82) is 0 Å². The monoisotopic (exact) mass is 397 g/mol. The van der Waals surface area contributed by atoms with Gasteiger partial charge in [0.15, 0.2) is 11.5 Å². The van der Waals surface area contributed by atoms with Crippen molar-refractivity contribution in [1.82, 2.24) is 5.16 Å². The first-order valence-electron chi connectivity index (χ1n) is 10.2. The molecule has 1 aliphatic carbocycles. The number of ketones is 1. The number of carbonyl (C=O) groups is 1. The van der Waals surface area contributed by atoms with Gasteiger partial charge in [-0.05, 0) is 30.5 Å². The maximum absolute atomic E-state index is 13.5. The third-order valence-corrected chi connectivity index (χ3v) is 5.51. The van der Waals surface area contributed by atoms with Gasteiger partial charge < -0.3 is 15.2 Å². The van der Waals surface area contributed by atoms with Gasteiger partial charge in [-0.1, -0.05) is 61.5 Å². The molecule has 2 N–H and O–H groups in total. The Balaban J connectivity index is 1.77. The van der Waals surface area contributed by atoms with Crippen molar-refractivity contribution >= 4 is 33.7 Å². The van der Waals surface area contributed by atoms with Gasteiger partial charge in [0.25, 0.3) is 0 Å². The van der Waals surface area contributed by atoms with Gasteiger partial charge in [-0.2, -0.15) is 0 Å². The quantitative estimate of drug-likeness (QED) is 0.372. The number of rotatable bonds is 5. The average Bonchev–Trinajstić information content (AvgIpc) is 3.18. The summed E-state index contributed by atoms with van der Waals surface area (Å²) in [5.74, 6) is 1.10. The number of aromatic nitrogens is 1. The van der Waals surface area contributed by atoms with Crippen molar-refractivity contribution < 1.29 is 9.32 Å². The van der Waals surface area contributed by atoms with Gasteiger partial charge in [0.1, 0.15) is 5.52 Å². The molecule has 150 valence electrons. The maximum atomic E-state index is 13.5. The van der Waals surface area contributed by atoms with Gasteiger partial charge >= 0.3 is 0 Å². The van der Waals surface area contributed by atoms with Crippen molar-refractivity contribution in [3.05, 3.63) is 71.3 Å². The Labute approximate surface area is 175 Å². The van der Waals surface area contributed by atoms with Crippen LogP contribution >= 0.6 is 0 Å². The number of benzene rings is 3. The molecular weight excluding hydrogens is 374 g/mol. The van der Waals surface area contributed by atoms with Crippen LogP contribution in [0, 0.1) is 12.8 Å². The summed E-state index contributed by atoms with van der Waals surface area (Å²) in [6, 6.07) is 17.6. The van der Waals surface area contributed by atoms with E-state index in [0.717, 1.165) is 40.1 Å². The molecule has 3 aromatic carbocycles. The molecule has 5 nitrogen and oxygen atoms in total. The summed E-state index contributed by atoms with van der Waals surface area (Å²) < 4.78 is 5.78. The molecule has 1 aromatic heterocycles. The molecule has 0 aliphatic heterocycles. The number of carbonyl (C=O) groups excluding carboxylic acids is 1. The summed E-state index contributed by atoms with van der Waals surface area (Å²) in [6.45, 7) is 7.15. The molecule has 0 spiro atoms. The molecule has 0 unspecified atom stereocenters. The van der Waals surface area contributed by atoms with E-state index in [1.807, 2.05) is 61.5 Å². The summed E-state index contributed by atoms with van der Waals surface area (Å²) in [7, 11) is 0. The molecule has 30 heavy (non-hydrogen) atoms. The van der Waals surface area contributed by atoms with Crippen LogP contribution in [-0.2, 0) is 0 Å². The van der Waals surface area contributed by atoms with Crippen LogP contribution in [0.25, 0.3) is 22.2 Å². The Kier molecular flexibility index (Phi) is 4.31. The summed E-state index contributed by atoms with van der Waals surface area (Å²) in [4.78, 5) is 13.5. The molecule has 0 saturated carbocycles. The third-order valence-electron chi connectivity index (χ3n) is 5.51. The van der Waals surface area contributed by atoms with Crippen LogP contribution in [0.3, 0.4) is 0 Å². The van der Waals surface area contributed by atoms with Crippen LogP contribution < -0.4 is 10.6 Å². The van der Waals surface area contributed by atoms with Gasteiger partial charge in [-0.3, -0.25) is 4.79 Å². The minimum absolute atomic E-state index is 0.0159. The van der Waals surface area contributed by atoms with Crippen LogP contribution in [-0.4, -0.2) is 17.5 Å². The Morgan fingerprint density at radius 2 is 1.70 bits per heavy atom. The van der Waals surface area contributed by atoms with Crippen molar-refractivity contribution in [3.8, 4) is 11.3 Å². The van der Waals surface area contributed by atoms with E-state index in [2.05, 4.69) is 29.6 Å². The molecule has 0 amide bonds. The second-order valence-electron chi connectivity index (χ2n) is 8.17. The van der Waals surface area contributed by atoms with Crippen LogP contribution in [0.5, 0.6) is 0 Å². The summed E-state index contributed by atoms with van der Waals surface area (Å²) >= 11 is 0. The zero-order valence-electron chi connectivity index (χ0n) is 17.2. The summed E-state index contributed by atoms with van der Waals surface area (Å²) in [6.07, 6.45) is 0. The largest absolute Gasteiger partial charge is 0.383 e. The summed E-state index contributed by atoms with van der Waals surface area (Å²) in [5, 5.41) is 12.1. The van der Waals surface area contributed by atoms with Crippen molar-refractivity contribution in [2.45, 2.75) is 20.8 Å². The standard InChI is InChI=1S/C25H23N3O2/c1-14(2)13-26-20-12-19(27-18-11-7-4-8-15(18)3)21-22-23(20)28-30-25(22)17-10-6-5-9-16(17)24(21)29/h4-12,14,26-27H,13H2,1-3H3. The van der Waals surface area contributed by atoms with Crippen LogP contribution in [0.15, 0.2) is 59.1 Å². The van der Waals surface area contributed by atoms with Crippen molar-refractivity contribution in [2.75, 3.05) is 17.2 Å². The molecular formula is C25H23N3O2. The predicted octanol–water partition coefficient (Wildman–Crippen LogP) is 6.16. The first kappa shape index (κ1) is 18.4. The Hall–Kier alpha value is -3.60. The normalized spacial score (nSPS) is 12.3. The zero-order valence-corrected chi connectivity index (χ0v) is 17.2. The van der Waals surface area contributed by atoms with Gasteiger partial charge in [-0.15, -0.1) is 0 Å². The van der Waals surface area contributed by atoms with E-state index in [-0.39, 0.29) is 5.78 Å². The van der Waals surface area contributed by atoms with E-state index in [0.29, 0.717) is 28.3 Å². The van der Waals surface area contributed by atoms with E-state index in [1.165, 1.54) is 0 Å². The highest BCUT2D eigenvalue weighted by Crippen LogP contribution is 2.45. The molecule has 4 aromatic rings. The fourth-order valence-corrected chi connectivity index (χ4v) is 3.96. The van der Waals surface area contributed by atoms with Gasteiger partial charge in [0, 0.05) is 23.4 Å². The van der Waals surface area contributed by atoms with Crippen LogP contribution in [0.4, 0.5) is 17.1 Å². The maximum Gasteiger partial charge on any atom is 0.196 e. The highest BCUT2D eigenvalue weighted by Gasteiger charge is 2.32. The highest BCUT2D eigenvalue weighted by atomic mass is 16.5. The lowest BCUT2D eigenvalue weighted by Gasteiger charge is -2.20. The van der Waals surface area contributed by atoms with E-state index >= 15 is 0 Å². The zero-order chi connectivity index (χ0) is 20.8. The lowest BCUT2D eigenvalue weighted by Crippen LogP contribution is -2.14. The van der Waals surface area contributed by atoms with Crippen molar-refractivity contribution in [3.63, 3.8) is 0 Å². The molecule has 0 fully saturated rings. The lowest BCUT2D eigenvalue weighted by atomic mass is 9.86. The SMILES string of the molecule is Cc1ccccc1Nc1cc(NCC(C)C)c2noc3c2c1C(=O)c1ccccc1-3. The number of hydrogen-bond acceptors (Lipinski definition) is 5. The Morgan fingerprint density at radius 3 is 2.47 bits per heavy atom. The summed E-state index contributed by atoms with van der Waals surface area (Å²) in [5.41, 5.74) is 6.42. The molecule has 5 rings (SSSR count). The lowest BCUT2D eigenvalue weighted by molar-refractivity contribution is 0.104. The molecule has 5 heteroatoms. The van der Waals surface area contributed by atoms with E-state index in [1.54, 1.807) is 0 Å². The number of para-hydroxylation sites is 1. The fraction of sp³-hybridized carbons (Fsp3) is 0.200.